The molecule has 4 rings (SSSR count). The highest BCUT2D eigenvalue weighted by Crippen LogP contribution is 2.20. The standard InChI is InChI=1S/C16H23N3O.C6H6.C5H9NO3/c20-15(19-11-1-2-12-19)7-3-6-14-9-8-13-5-4-10-17-16(13)18-14;1-2-4-6-5-3-1;6-4(7)2-1-3-5(8)9/h8-9H,1-7,10-12H2,(H,17,18);1-6H;1-3H2,(H2,6,7)(H,8,9). The van der Waals surface area contributed by atoms with E-state index in [1.165, 1.54) is 24.8 Å². The number of benzene rings is 1. The highest BCUT2D eigenvalue weighted by Gasteiger charge is 2.17. The molecule has 8 nitrogen and oxygen atoms in total. The van der Waals surface area contributed by atoms with E-state index < -0.39 is 11.9 Å². The summed E-state index contributed by atoms with van der Waals surface area (Å²) in [4.78, 5) is 38.5. The maximum absolute atomic E-state index is 12.0. The van der Waals surface area contributed by atoms with Gasteiger partial charge in [0.05, 0.1) is 0 Å². The van der Waals surface area contributed by atoms with Crippen LogP contribution in [-0.2, 0) is 27.2 Å². The zero-order valence-electron chi connectivity index (χ0n) is 20.5. The number of carbonyl (C=O) groups excluding carboxylic acids is 2. The summed E-state index contributed by atoms with van der Waals surface area (Å²) in [6.07, 6.45) is 7.64. The van der Waals surface area contributed by atoms with Gasteiger partial charge in [-0.2, -0.15) is 0 Å². The van der Waals surface area contributed by atoms with E-state index in [0.29, 0.717) is 18.7 Å². The second kappa shape index (κ2) is 16.2. The first kappa shape index (κ1) is 27.8. The Bertz CT molecular complexity index is 874. The highest BCUT2D eigenvalue weighted by atomic mass is 16.4. The zero-order chi connectivity index (χ0) is 25.3. The number of hydrogen-bond acceptors (Lipinski definition) is 5. The Kier molecular flexibility index (Phi) is 12.9. The minimum atomic E-state index is -0.892. The number of likely N-dealkylation sites (tertiary alicyclic amines) is 1. The Labute approximate surface area is 207 Å². The van der Waals surface area contributed by atoms with Gasteiger partial charge in [0.15, 0.2) is 0 Å². The number of fused-ring (bicyclic) bond motifs is 1. The summed E-state index contributed by atoms with van der Waals surface area (Å²) < 4.78 is 0. The molecule has 2 amide bonds. The third kappa shape index (κ3) is 12.0. The summed E-state index contributed by atoms with van der Waals surface area (Å²) in [6, 6.07) is 16.3. The molecule has 2 aromatic rings. The van der Waals surface area contributed by atoms with Gasteiger partial charge in [-0.05, 0) is 56.6 Å². The first-order valence-corrected chi connectivity index (χ1v) is 12.5. The monoisotopic (exact) mass is 482 g/mol. The lowest BCUT2D eigenvalue weighted by molar-refractivity contribution is -0.137. The van der Waals surface area contributed by atoms with Gasteiger partial charge in [-0.3, -0.25) is 14.4 Å². The van der Waals surface area contributed by atoms with E-state index in [0.717, 1.165) is 50.4 Å². The number of aryl methyl sites for hydroxylation is 2. The van der Waals surface area contributed by atoms with Gasteiger partial charge < -0.3 is 21.1 Å². The van der Waals surface area contributed by atoms with Crippen molar-refractivity contribution in [2.75, 3.05) is 25.0 Å². The van der Waals surface area contributed by atoms with Crippen molar-refractivity contribution in [1.82, 2.24) is 9.88 Å². The average molecular weight is 483 g/mol. The van der Waals surface area contributed by atoms with Gasteiger partial charge in [0.25, 0.3) is 0 Å². The fourth-order valence-electron chi connectivity index (χ4n) is 3.85. The van der Waals surface area contributed by atoms with Crippen LogP contribution >= 0.6 is 0 Å². The van der Waals surface area contributed by atoms with Crippen LogP contribution in [0.4, 0.5) is 5.82 Å². The van der Waals surface area contributed by atoms with Gasteiger partial charge in [0, 0.05) is 44.6 Å². The smallest absolute Gasteiger partial charge is 0.303 e. The predicted octanol–water partition coefficient (Wildman–Crippen LogP) is 3.80. The van der Waals surface area contributed by atoms with Crippen LogP contribution in [0.25, 0.3) is 0 Å². The van der Waals surface area contributed by atoms with Crippen molar-refractivity contribution < 1.29 is 19.5 Å². The topological polar surface area (TPSA) is 126 Å². The van der Waals surface area contributed by atoms with Crippen molar-refractivity contribution in [1.29, 1.82) is 0 Å². The number of carbonyl (C=O) groups is 3. The average Bonchev–Trinajstić information content (AvgIpc) is 3.41. The van der Waals surface area contributed by atoms with Crippen molar-refractivity contribution >= 4 is 23.6 Å². The molecule has 1 saturated heterocycles. The lowest BCUT2D eigenvalue weighted by atomic mass is 10.1. The predicted molar refractivity (Wildman–Crippen MR) is 137 cm³/mol. The molecule has 0 saturated carbocycles. The molecule has 1 aromatic heterocycles. The van der Waals surface area contributed by atoms with Crippen LogP contribution in [0, 0.1) is 0 Å². The number of rotatable bonds is 8. The Balaban J connectivity index is 0.000000238. The number of nitrogens with one attached hydrogen (secondary N) is 1. The molecule has 0 unspecified atom stereocenters. The molecule has 2 aliphatic heterocycles. The third-order valence-corrected chi connectivity index (χ3v) is 5.71. The number of aromatic nitrogens is 1. The van der Waals surface area contributed by atoms with Crippen LogP contribution in [0.5, 0.6) is 0 Å². The molecule has 2 aliphatic rings. The number of carboxylic acid groups (broad SMARTS) is 1. The van der Waals surface area contributed by atoms with Crippen molar-refractivity contribution in [3.63, 3.8) is 0 Å². The van der Waals surface area contributed by atoms with Crippen LogP contribution in [-0.4, -0.2) is 52.4 Å². The lowest BCUT2D eigenvalue weighted by Gasteiger charge is -2.17. The summed E-state index contributed by atoms with van der Waals surface area (Å²) in [7, 11) is 0. The number of primary amides is 1. The maximum Gasteiger partial charge on any atom is 0.303 e. The molecule has 0 atom stereocenters. The fourth-order valence-corrected chi connectivity index (χ4v) is 3.85. The lowest BCUT2D eigenvalue weighted by Crippen LogP contribution is -2.27. The second-order valence-corrected chi connectivity index (χ2v) is 8.65. The summed E-state index contributed by atoms with van der Waals surface area (Å²) in [5.41, 5.74) is 7.18. The molecule has 0 bridgehead atoms. The van der Waals surface area contributed by atoms with Gasteiger partial charge in [-0.25, -0.2) is 4.98 Å². The first-order valence-electron chi connectivity index (χ1n) is 12.5. The molecule has 0 radical (unpaired) electrons. The number of hydrogen-bond donors (Lipinski definition) is 3. The molecular weight excluding hydrogens is 444 g/mol. The first-order chi connectivity index (χ1) is 17.0. The summed E-state index contributed by atoms with van der Waals surface area (Å²) in [5, 5.41) is 11.4. The summed E-state index contributed by atoms with van der Waals surface area (Å²) >= 11 is 0. The number of aliphatic carboxylic acids is 1. The van der Waals surface area contributed by atoms with Crippen molar-refractivity contribution in [2.45, 2.75) is 64.2 Å². The number of nitrogens with two attached hydrogens (primary N) is 1. The SMILES string of the molecule is NC(=O)CCCC(=O)O.O=C(CCCc1ccc2c(n1)NCCC2)N1CCCC1.c1ccccc1. The van der Waals surface area contributed by atoms with E-state index in [1.54, 1.807) is 0 Å². The molecule has 0 aliphatic carbocycles. The van der Waals surface area contributed by atoms with Gasteiger partial charge in [0.2, 0.25) is 11.8 Å². The van der Waals surface area contributed by atoms with Crippen LogP contribution in [0.2, 0.25) is 0 Å². The molecule has 8 heteroatoms. The minimum Gasteiger partial charge on any atom is -0.481 e. The molecule has 1 aromatic carbocycles. The van der Waals surface area contributed by atoms with E-state index >= 15 is 0 Å². The fraction of sp³-hybridized carbons (Fsp3) is 0.481. The number of nitrogens with zero attached hydrogens (tertiary/aromatic N) is 2. The van der Waals surface area contributed by atoms with Crippen LogP contribution in [0.3, 0.4) is 0 Å². The molecule has 190 valence electrons. The quantitative estimate of drug-likeness (QED) is 0.525. The van der Waals surface area contributed by atoms with Gasteiger partial charge in [-0.1, -0.05) is 42.5 Å². The molecular formula is C27H38N4O4. The normalized spacial score (nSPS) is 13.8. The number of anilines is 1. The molecule has 4 N–H and O–H groups in total. The van der Waals surface area contributed by atoms with Crippen molar-refractivity contribution in [3.8, 4) is 0 Å². The Morgan fingerprint density at radius 3 is 2.17 bits per heavy atom. The van der Waals surface area contributed by atoms with Crippen molar-refractivity contribution in [2.24, 2.45) is 5.73 Å². The maximum atomic E-state index is 12.0. The molecule has 35 heavy (non-hydrogen) atoms. The summed E-state index contributed by atoms with van der Waals surface area (Å²) in [6.45, 7) is 2.94. The summed E-state index contributed by atoms with van der Waals surface area (Å²) in [5.74, 6) is 0.0331. The molecule has 3 heterocycles. The van der Waals surface area contributed by atoms with Gasteiger partial charge >= 0.3 is 5.97 Å². The van der Waals surface area contributed by atoms with Crippen LogP contribution in [0.1, 0.15) is 62.6 Å². The Morgan fingerprint density at radius 1 is 0.914 bits per heavy atom. The van der Waals surface area contributed by atoms with Crippen molar-refractivity contribution in [3.05, 3.63) is 59.8 Å². The van der Waals surface area contributed by atoms with E-state index in [4.69, 9.17) is 10.8 Å². The van der Waals surface area contributed by atoms with Gasteiger partial charge in [0.1, 0.15) is 5.82 Å². The number of carboxylic acids is 1. The van der Waals surface area contributed by atoms with E-state index in [1.807, 2.05) is 41.3 Å². The number of pyridine rings is 1. The number of amides is 2. The van der Waals surface area contributed by atoms with E-state index in [9.17, 15) is 14.4 Å². The highest BCUT2D eigenvalue weighted by molar-refractivity contribution is 5.76. The molecule has 1 fully saturated rings. The Morgan fingerprint density at radius 2 is 1.57 bits per heavy atom. The largest absolute Gasteiger partial charge is 0.481 e. The van der Waals surface area contributed by atoms with E-state index in [2.05, 4.69) is 22.4 Å². The zero-order valence-corrected chi connectivity index (χ0v) is 20.5. The van der Waals surface area contributed by atoms with Crippen LogP contribution < -0.4 is 11.1 Å². The van der Waals surface area contributed by atoms with Gasteiger partial charge in [-0.15, -0.1) is 0 Å². The Hall–Kier alpha value is -3.42. The second-order valence-electron chi connectivity index (χ2n) is 8.65. The molecule has 0 spiro atoms. The van der Waals surface area contributed by atoms with Crippen LogP contribution in [0.15, 0.2) is 48.5 Å². The minimum absolute atomic E-state index is 0.0168. The van der Waals surface area contributed by atoms with E-state index in [-0.39, 0.29) is 12.8 Å². The third-order valence-electron chi connectivity index (χ3n) is 5.71.